The number of amides is 1. The highest BCUT2D eigenvalue weighted by Gasteiger charge is 2.11. The van der Waals surface area contributed by atoms with Gasteiger partial charge in [0.25, 0.3) is 5.91 Å². The third kappa shape index (κ3) is 3.40. The highest BCUT2D eigenvalue weighted by molar-refractivity contribution is 6.07. The molecule has 0 unspecified atom stereocenters. The monoisotopic (exact) mass is 392 g/mol. The van der Waals surface area contributed by atoms with Gasteiger partial charge in [-0.05, 0) is 36.4 Å². The van der Waals surface area contributed by atoms with Gasteiger partial charge in [0, 0.05) is 23.2 Å². The van der Waals surface area contributed by atoms with Crippen LogP contribution in [0.4, 0.5) is 17.2 Å². The topological polar surface area (TPSA) is 92.7 Å². The van der Waals surface area contributed by atoms with Crippen LogP contribution in [-0.4, -0.2) is 26.1 Å². The molecule has 0 aliphatic rings. The molecule has 0 saturated heterocycles. The predicted octanol–water partition coefficient (Wildman–Crippen LogP) is 4.57. The molecule has 7 nitrogen and oxygen atoms in total. The summed E-state index contributed by atoms with van der Waals surface area (Å²) in [6.07, 6.45) is 3.44. The number of para-hydroxylation sites is 2. The molecular weight excluding hydrogens is 376 g/mol. The quantitative estimate of drug-likeness (QED) is 0.465. The lowest BCUT2D eigenvalue weighted by Crippen LogP contribution is -2.15. The minimum absolute atomic E-state index is 0.213. The second kappa shape index (κ2) is 7.56. The van der Waals surface area contributed by atoms with Crippen LogP contribution < -0.4 is 10.6 Å². The highest BCUT2D eigenvalue weighted by atomic mass is 16.1. The smallest absolute Gasteiger partial charge is 0.276 e. The molecule has 7 heteroatoms. The molecule has 5 aromatic rings. The lowest BCUT2D eigenvalue weighted by Gasteiger charge is -2.09. The second-order valence-electron chi connectivity index (χ2n) is 6.64. The predicted molar refractivity (Wildman–Crippen MR) is 117 cm³/mol. The van der Waals surface area contributed by atoms with Crippen molar-refractivity contribution in [3.63, 3.8) is 0 Å². The van der Waals surface area contributed by atoms with Crippen LogP contribution in [0, 0.1) is 0 Å². The summed E-state index contributed by atoms with van der Waals surface area (Å²) in [5.74, 6) is 0.176. The number of hydrogen-bond acceptors (Lipinski definition) is 6. The molecule has 0 bridgehead atoms. The first-order valence-corrected chi connectivity index (χ1v) is 9.37. The molecule has 30 heavy (non-hydrogen) atoms. The van der Waals surface area contributed by atoms with Crippen molar-refractivity contribution in [1.82, 2.24) is 20.2 Å². The van der Waals surface area contributed by atoms with E-state index in [0.29, 0.717) is 11.5 Å². The first kappa shape index (κ1) is 17.7. The van der Waals surface area contributed by atoms with Crippen LogP contribution in [0.25, 0.3) is 21.8 Å². The van der Waals surface area contributed by atoms with Crippen molar-refractivity contribution in [3.8, 4) is 0 Å². The average molecular weight is 392 g/mol. The van der Waals surface area contributed by atoms with E-state index < -0.39 is 0 Å². The standard InChI is InChI=1S/C23H16N6O/c30-23(27-18-10-2-6-16-8-4-14-25-22(16)18)19-11-12-20(29-28-19)26-17-9-1-5-15-7-3-13-24-21(15)17/h1-14H,(H,26,29)(H,27,30). The number of rotatable bonds is 4. The maximum Gasteiger partial charge on any atom is 0.276 e. The maximum absolute atomic E-state index is 12.6. The molecule has 3 heterocycles. The van der Waals surface area contributed by atoms with Gasteiger partial charge in [-0.3, -0.25) is 14.8 Å². The molecule has 144 valence electrons. The Hall–Kier alpha value is -4.39. The normalized spacial score (nSPS) is 10.8. The van der Waals surface area contributed by atoms with E-state index in [1.807, 2.05) is 60.7 Å². The lowest BCUT2D eigenvalue weighted by molar-refractivity contribution is 0.102. The van der Waals surface area contributed by atoms with Gasteiger partial charge in [0.1, 0.15) is 0 Å². The van der Waals surface area contributed by atoms with E-state index in [-0.39, 0.29) is 11.6 Å². The Labute approximate surface area is 171 Å². The number of fused-ring (bicyclic) bond motifs is 2. The number of carbonyl (C=O) groups is 1. The molecule has 0 aliphatic heterocycles. The Morgan fingerprint density at radius 1 is 0.667 bits per heavy atom. The van der Waals surface area contributed by atoms with Crippen LogP contribution in [-0.2, 0) is 0 Å². The first-order valence-electron chi connectivity index (χ1n) is 9.37. The zero-order chi connectivity index (χ0) is 20.3. The van der Waals surface area contributed by atoms with Gasteiger partial charge < -0.3 is 10.6 Å². The summed E-state index contributed by atoms with van der Waals surface area (Å²) in [6, 6.07) is 22.5. The molecule has 0 fully saturated rings. The van der Waals surface area contributed by atoms with Crippen LogP contribution in [0.5, 0.6) is 0 Å². The van der Waals surface area contributed by atoms with Gasteiger partial charge >= 0.3 is 0 Å². The summed E-state index contributed by atoms with van der Waals surface area (Å²) in [6.45, 7) is 0. The largest absolute Gasteiger partial charge is 0.337 e. The van der Waals surface area contributed by atoms with Gasteiger partial charge in [0.15, 0.2) is 11.5 Å². The molecule has 1 amide bonds. The second-order valence-corrected chi connectivity index (χ2v) is 6.64. The summed E-state index contributed by atoms with van der Waals surface area (Å²) >= 11 is 0. The minimum atomic E-state index is -0.348. The number of carbonyl (C=O) groups excluding carboxylic acids is 1. The summed E-state index contributed by atoms with van der Waals surface area (Å²) in [5, 5.41) is 16.2. The summed E-state index contributed by atoms with van der Waals surface area (Å²) in [7, 11) is 0. The van der Waals surface area contributed by atoms with Crippen molar-refractivity contribution >= 4 is 44.9 Å². The van der Waals surface area contributed by atoms with Crippen molar-refractivity contribution in [2.45, 2.75) is 0 Å². The van der Waals surface area contributed by atoms with Crippen molar-refractivity contribution in [3.05, 3.63) is 90.9 Å². The van der Waals surface area contributed by atoms with Crippen LogP contribution in [0.15, 0.2) is 85.2 Å². The van der Waals surface area contributed by atoms with Crippen molar-refractivity contribution in [1.29, 1.82) is 0 Å². The fraction of sp³-hybridized carbons (Fsp3) is 0. The van der Waals surface area contributed by atoms with E-state index in [1.54, 1.807) is 24.5 Å². The molecule has 0 aliphatic carbocycles. The van der Waals surface area contributed by atoms with Gasteiger partial charge in [0.2, 0.25) is 0 Å². The third-order valence-electron chi connectivity index (χ3n) is 4.67. The van der Waals surface area contributed by atoms with Gasteiger partial charge in [-0.15, -0.1) is 10.2 Å². The van der Waals surface area contributed by atoms with Crippen LogP contribution in [0.3, 0.4) is 0 Å². The summed E-state index contributed by atoms with van der Waals surface area (Å²) < 4.78 is 0. The molecule has 5 rings (SSSR count). The average Bonchev–Trinajstić information content (AvgIpc) is 2.80. The van der Waals surface area contributed by atoms with Crippen molar-refractivity contribution in [2.75, 3.05) is 10.6 Å². The summed E-state index contributed by atoms with van der Waals surface area (Å²) in [5.41, 5.74) is 3.23. The number of anilines is 3. The van der Waals surface area contributed by atoms with Crippen LogP contribution in [0.1, 0.15) is 10.5 Å². The molecule has 2 aromatic carbocycles. The molecule has 0 saturated carbocycles. The number of nitrogens with one attached hydrogen (secondary N) is 2. The lowest BCUT2D eigenvalue weighted by atomic mass is 10.2. The molecule has 3 aromatic heterocycles. The van der Waals surface area contributed by atoms with E-state index in [9.17, 15) is 4.79 Å². The van der Waals surface area contributed by atoms with Gasteiger partial charge in [-0.1, -0.05) is 36.4 Å². The summed E-state index contributed by atoms with van der Waals surface area (Å²) in [4.78, 5) is 21.4. The number of hydrogen-bond donors (Lipinski definition) is 2. The fourth-order valence-corrected chi connectivity index (χ4v) is 3.25. The van der Waals surface area contributed by atoms with E-state index in [1.165, 1.54) is 0 Å². The van der Waals surface area contributed by atoms with E-state index >= 15 is 0 Å². The molecule has 0 radical (unpaired) electrons. The molecule has 0 atom stereocenters. The Balaban J connectivity index is 1.36. The zero-order valence-electron chi connectivity index (χ0n) is 15.8. The van der Waals surface area contributed by atoms with E-state index in [2.05, 4.69) is 30.8 Å². The molecule has 2 N–H and O–H groups in total. The highest BCUT2D eigenvalue weighted by Crippen LogP contribution is 2.24. The third-order valence-corrected chi connectivity index (χ3v) is 4.67. The number of aromatic nitrogens is 4. The Morgan fingerprint density at radius 2 is 1.30 bits per heavy atom. The Morgan fingerprint density at radius 3 is 1.97 bits per heavy atom. The minimum Gasteiger partial charge on any atom is -0.337 e. The number of nitrogens with zero attached hydrogens (tertiary/aromatic N) is 4. The SMILES string of the molecule is O=C(Nc1cccc2cccnc12)c1ccc(Nc2cccc3cccnc23)nn1. The van der Waals surface area contributed by atoms with Crippen LogP contribution in [0.2, 0.25) is 0 Å². The van der Waals surface area contributed by atoms with Crippen molar-refractivity contribution < 1.29 is 4.79 Å². The molecular formula is C23H16N6O. The van der Waals surface area contributed by atoms with Crippen LogP contribution >= 0.6 is 0 Å². The number of pyridine rings is 2. The number of benzene rings is 2. The van der Waals surface area contributed by atoms with Gasteiger partial charge in [0.05, 0.1) is 22.4 Å². The first-order chi connectivity index (χ1) is 14.8. The van der Waals surface area contributed by atoms with Gasteiger partial charge in [-0.2, -0.15) is 0 Å². The fourth-order valence-electron chi connectivity index (χ4n) is 3.25. The Bertz CT molecular complexity index is 1360. The maximum atomic E-state index is 12.6. The van der Waals surface area contributed by atoms with E-state index in [4.69, 9.17) is 0 Å². The van der Waals surface area contributed by atoms with E-state index in [0.717, 1.165) is 27.5 Å². The zero-order valence-corrected chi connectivity index (χ0v) is 15.8. The van der Waals surface area contributed by atoms with Gasteiger partial charge in [-0.25, -0.2) is 0 Å². The Kier molecular flexibility index (Phi) is 4.46. The molecule has 0 spiro atoms. The van der Waals surface area contributed by atoms with Crippen molar-refractivity contribution in [2.24, 2.45) is 0 Å².